The number of urea groups is 1. The minimum atomic E-state index is -0.584. The summed E-state index contributed by atoms with van der Waals surface area (Å²) in [5, 5.41) is 6.48. The summed E-state index contributed by atoms with van der Waals surface area (Å²) >= 11 is 9.45. The van der Waals surface area contributed by atoms with Crippen LogP contribution in [-0.2, 0) is 6.54 Å². The van der Waals surface area contributed by atoms with Crippen molar-refractivity contribution in [2.45, 2.75) is 6.54 Å². The molecule has 104 valence electrons. The monoisotopic (exact) mass is 353 g/mol. The van der Waals surface area contributed by atoms with E-state index >= 15 is 0 Å². The van der Waals surface area contributed by atoms with E-state index in [0.717, 1.165) is 15.7 Å². The first-order chi connectivity index (χ1) is 9.54. The van der Waals surface area contributed by atoms with Gasteiger partial charge in [0.2, 0.25) is 0 Å². The molecule has 4 nitrogen and oxygen atoms in total. The predicted molar refractivity (Wildman–Crippen MR) is 86.1 cm³/mol. The van der Waals surface area contributed by atoms with Crippen LogP contribution in [0.25, 0.3) is 0 Å². The van der Waals surface area contributed by atoms with E-state index in [-0.39, 0.29) is 0 Å². The first-order valence-corrected chi connectivity index (χ1v) is 7.06. The molecule has 0 aliphatic rings. The number of nitrogens with one attached hydrogen (secondary N) is 2. The summed E-state index contributed by atoms with van der Waals surface area (Å²) in [4.78, 5) is 10.8. The van der Waals surface area contributed by atoms with Crippen LogP contribution in [0.3, 0.4) is 0 Å². The van der Waals surface area contributed by atoms with Gasteiger partial charge in [-0.25, -0.2) is 4.79 Å². The van der Waals surface area contributed by atoms with Gasteiger partial charge in [-0.15, -0.1) is 0 Å². The molecule has 2 rings (SSSR count). The lowest BCUT2D eigenvalue weighted by Gasteiger charge is -2.10. The first-order valence-electron chi connectivity index (χ1n) is 5.89. The normalized spacial score (nSPS) is 10.1. The summed E-state index contributed by atoms with van der Waals surface area (Å²) in [6.45, 7) is 0.612. The molecule has 0 fully saturated rings. The number of hydrogen-bond acceptors (Lipinski definition) is 2. The lowest BCUT2D eigenvalue weighted by Crippen LogP contribution is -2.19. The van der Waals surface area contributed by atoms with Gasteiger partial charge < -0.3 is 16.4 Å². The highest BCUT2D eigenvalue weighted by atomic mass is 79.9. The van der Waals surface area contributed by atoms with Gasteiger partial charge in [0.15, 0.2) is 0 Å². The quantitative estimate of drug-likeness (QED) is 0.770. The lowest BCUT2D eigenvalue weighted by molar-refractivity contribution is 0.259. The second-order valence-corrected chi connectivity index (χ2v) is 5.45. The smallest absolute Gasteiger partial charge is 0.316 e. The summed E-state index contributed by atoms with van der Waals surface area (Å²) in [5.74, 6) is 0. The lowest BCUT2D eigenvalue weighted by atomic mass is 10.2. The fourth-order valence-corrected chi connectivity index (χ4v) is 2.31. The minimum absolute atomic E-state index is 0.584. The number of amides is 2. The van der Waals surface area contributed by atoms with Crippen molar-refractivity contribution in [2.24, 2.45) is 5.73 Å². The molecule has 0 saturated heterocycles. The molecule has 4 N–H and O–H groups in total. The van der Waals surface area contributed by atoms with Gasteiger partial charge in [-0.05, 0) is 42.0 Å². The minimum Gasteiger partial charge on any atom is -0.381 e. The molecule has 6 heteroatoms. The molecule has 0 bridgehead atoms. The first kappa shape index (κ1) is 14.7. The highest BCUT2D eigenvalue weighted by Crippen LogP contribution is 2.23. The zero-order valence-corrected chi connectivity index (χ0v) is 12.8. The predicted octanol–water partition coefficient (Wildman–Crippen LogP) is 4.21. The Kier molecular flexibility index (Phi) is 4.87. The maximum absolute atomic E-state index is 10.8. The average Bonchev–Trinajstić information content (AvgIpc) is 2.39. The van der Waals surface area contributed by atoms with E-state index in [1.54, 1.807) is 6.07 Å². The number of carbonyl (C=O) groups excluding carboxylic acids is 1. The Morgan fingerprint density at radius 1 is 1.20 bits per heavy atom. The van der Waals surface area contributed by atoms with E-state index in [0.29, 0.717) is 17.3 Å². The second-order valence-electron chi connectivity index (χ2n) is 4.16. The molecule has 0 aromatic heterocycles. The Morgan fingerprint density at radius 3 is 2.70 bits per heavy atom. The van der Waals surface area contributed by atoms with Crippen LogP contribution < -0.4 is 16.4 Å². The van der Waals surface area contributed by atoms with Gasteiger partial charge >= 0.3 is 6.03 Å². The molecule has 0 aliphatic heterocycles. The van der Waals surface area contributed by atoms with Gasteiger partial charge in [-0.3, -0.25) is 0 Å². The Morgan fingerprint density at radius 2 is 1.95 bits per heavy atom. The molecule has 0 spiro atoms. The van der Waals surface area contributed by atoms with Crippen LogP contribution >= 0.6 is 27.5 Å². The largest absolute Gasteiger partial charge is 0.381 e. The molecular formula is C14H13BrClN3O. The van der Waals surface area contributed by atoms with Gasteiger partial charge in [-0.1, -0.05) is 33.6 Å². The number of hydrogen-bond donors (Lipinski definition) is 3. The number of nitrogens with two attached hydrogens (primary N) is 1. The summed E-state index contributed by atoms with van der Waals surface area (Å²) in [6, 6.07) is 12.4. The number of primary amides is 1. The van der Waals surface area contributed by atoms with Crippen LogP contribution in [0.4, 0.5) is 16.2 Å². The number of carbonyl (C=O) groups is 1. The zero-order valence-electron chi connectivity index (χ0n) is 10.5. The number of anilines is 2. The zero-order chi connectivity index (χ0) is 14.5. The van der Waals surface area contributed by atoms with E-state index in [1.165, 1.54) is 0 Å². The van der Waals surface area contributed by atoms with Crippen molar-refractivity contribution in [1.29, 1.82) is 0 Å². The van der Waals surface area contributed by atoms with Gasteiger partial charge in [0.25, 0.3) is 0 Å². The van der Waals surface area contributed by atoms with Crippen molar-refractivity contribution in [3.8, 4) is 0 Å². The van der Waals surface area contributed by atoms with E-state index in [1.807, 2.05) is 36.4 Å². The summed E-state index contributed by atoms with van der Waals surface area (Å²) in [6.07, 6.45) is 0. The maximum Gasteiger partial charge on any atom is 0.316 e. The van der Waals surface area contributed by atoms with Crippen molar-refractivity contribution in [2.75, 3.05) is 10.6 Å². The summed E-state index contributed by atoms with van der Waals surface area (Å²) in [5.41, 5.74) is 7.66. The van der Waals surface area contributed by atoms with Crippen molar-refractivity contribution >= 4 is 44.9 Å². The molecule has 2 aromatic rings. The third kappa shape index (κ3) is 4.15. The molecule has 2 amide bonds. The van der Waals surface area contributed by atoms with Crippen molar-refractivity contribution in [3.63, 3.8) is 0 Å². The van der Waals surface area contributed by atoms with Crippen LogP contribution in [0, 0.1) is 0 Å². The van der Waals surface area contributed by atoms with Crippen LogP contribution in [0.2, 0.25) is 5.02 Å². The van der Waals surface area contributed by atoms with Gasteiger partial charge in [0.1, 0.15) is 0 Å². The topological polar surface area (TPSA) is 67.2 Å². The average molecular weight is 355 g/mol. The number of rotatable bonds is 4. The molecule has 0 aliphatic carbocycles. The SMILES string of the molecule is NC(=O)Nc1cccc(NCc2cc(Cl)ccc2Br)c1. The van der Waals surface area contributed by atoms with Crippen LogP contribution in [0.15, 0.2) is 46.9 Å². The Bertz CT molecular complexity index is 634. The van der Waals surface area contributed by atoms with Crippen LogP contribution in [0.5, 0.6) is 0 Å². The fraction of sp³-hybridized carbons (Fsp3) is 0.0714. The highest BCUT2D eigenvalue weighted by molar-refractivity contribution is 9.10. The van der Waals surface area contributed by atoms with Crippen molar-refractivity contribution in [3.05, 3.63) is 57.5 Å². The Hall–Kier alpha value is -1.72. The van der Waals surface area contributed by atoms with E-state index in [9.17, 15) is 4.79 Å². The van der Waals surface area contributed by atoms with Gasteiger partial charge in [0, 0.05) is 27.4 Å². The van der Waals surface area contributed by atoms with E-state index in [4.69, 9.17) is 17.3 Å². The van der Waals surface area contributed by atoms with Crippen molar-refractivity contribution in [1.82, 2.24) is 0 Å². The molecule has 0 heterocycles. The molecule has 2 aromatic carbocycles. The Balaban J connectivity index is 2.07. The second kappa shape index (κ2) is 6.63. The summed E-state index contributed by atoms with van der Waals surface area (Å²) in [7, 11) is 0. The maximum atomic E-state index is 10.8. The van der Waals surface area contributed by atoms with Crippen molar-refractivity contribution < 1.29 is 4.79 Å². The molecule has 0 saturated carbocycles. The molecule has 0 radical (unpaired) electrons. The van der Waals surface area contributed by atoms with E-state index in [2.05, 4.69) is 26.6 Å². The highest BCUT2D eigenvalue weighted by Gasteiger charge is 2.02. The Labute approximate surface area is 130 Å². The number of benzene rings is 2. The van der Waals surface area contributed by atoms with Gasteiger partial charge in [0.05, 0.1) is 0 Å². The van der Waals surface area contributed by atoms with Crippen LogP contribution in [0.1, 0.15) is 5.56 Å². The van der Waals surface area contributed by atoms with Gasteiger partial charge in [-0.2, -0.15) is 0 Å². The third-order valence-corrected chi connectivity index (χ3v) is 3.63. The fourth-order valence-electron chi connectivity index (χ4n) is 1.73. The molecular weight excluding hydrogens is 342 g/mol. The molecule has 0 unspecified atom stereocenters. The molecule has 0 atom stereocenters. The third-order valence-electron chi connectivity index (χ3n) is 2.62. The summed E-state index contributed by atoms with van der Waals surface area (Å²) < 4.78 is 0.987. The van der Waals surface area contributed by atoms with E-state index < -0.39 is 6.03 Å². The molecule has 20 heavy (non-hydrogen) atoms. The van der Waals surface area contributed by atoms with Crippen LogP contribution in [-0.4, -0.2) is 6.03 Å². The number of halogens is 2. The standard InChI is InChI=1S/C14H13BrClN3O/c15-13-5-4-10(16)6-9(13)8-18-11-2-1-3-12(7-11)19-14(17)20/h1-7,18H,8H2,(H3,17,19,20).